The number of benzene rings is 1. The molecule has 1 aliphatic rings. The maximum absolute atomic E-state index is 14.0. The van der Waals surface area contributed by atoms with E-state index in [1.807, 2.05) is 0 Å². The number of nitrogens with one attached hydrogen (secondary N) is 1. The van der Waals surface area contributed by atoms with E-state index in [-0.39, 0.29) is 25.5 Å². The number of aliphatic hydroxyl groups excluding tert-OH is 1. The van der Waals surface area contributed by atoms with Crippen molar-refractivity contribution in [3.8, 4) is 0 Å². The van der Waals surface area contributed by atoms with E-state index in [4.69, 9.17) is 5.11 Å². The summed E-state index contributed by atoms with van der Waals surface area (Å²) in [6.07, 6.45) is 0. The van der Waals surface area contributed by atoms with Crippen LogP contribution in [0.5, 0.6) is 0 Å². The molecule has 0 aliphatic carbocycles. The number of aliphatic hydroxyl groups is 1. The molecule has 1 atom stereocenters. The Kier molecular flexibility index (Phi) is 6.54. The van der Waals surface area contributed by atoms with Crippen molar-refractivity contribution in [1.29, 1.82) is 0 Å². The van der Waals surface area contributed by atoms with Crippen molar-refractivity contribution in [2.45, 2.75) is 12.0 Å². The zero-order valence-corrected chi connectivity index (χ0v) is 12.3. The van der Waals surface area contributed by atoms with Gasteiger partial charge in [0, 0.05) is 31.7 Å². The van der Waals surface area contributed by atoms with Crippen LogP contribution in [0.4, 0.5) is 22.0 Å². The molecule has 2 rings (SSSR count). The molecule has 0 unspecified atom stereocenters. The summed E-state index contributed by atoms with van der Waals surface area (Å²) < 4.78 is 68.2. The molecular weight excluding hydrogens is 331 g/mol. The molecule has 0 saturated carbocycles. The van der Waals surface area contributed by atoms with Gasteiger partial charge in [0.2, 0.25) is 0 Å². The van der Waals surface area contributed by atoms with Crippen LogP contribution in [0.25, 0.3) is 0 Å². The predicted octanol–water partition coefficient (Wildman–Crippen LogP) is 2.10. The lowest BCUT2D eigenvalue weighted by Crippen LogP contribution is -2.51. The van der Waals surface area contributed by atoms with E-state index in [0.717, 1.165) is 6.07 Å². The molecule has 1 aromatic carbocycles. The highest BCUT2D eigenvalue weighted by molar-refractivity contribution is 5.85. The highest BCUT2D eigenvalue weighted by Crippen LogP contribution is 2.38. The van der Waals surface area contributed by atoms with Crippen LogP contribution >= 0.6 is 12.4 Å². The number of piperazine rings is 1. The zero-order valence-electron chi connectivity index (χ0n) is 11.5. The molecule has 0 aromatic heterocycles. The molecule has 2 N–H and O–H groups in total. The summed E-state index contributed by atoms with van der Waals surface area (Å²) in [5, 5.41) is 11.8. The Hall–Kier alpha value is -0.960. The summed E-state index contributed by atoms with van der Waals surface area (Å²) >= 11 is 0. The van der Waals surface area contributed by atoms with Crippen molar-refractivity contribution >= 4 is 12.4 Å². The van der Waals surface area contributed by atoms with E-state index in [9.17, 15) is 22.0 Å². The van der Waals surface area contributed by atoms with Gasteiger partial charge in [-0.3, -0.25) is 4.90 Å². The maximum atomic E-state index is 14.0. The summed E-state index contributed by atoms with van der Waals surface area (Å²) in [7, 11) is 0. The summed E-state index contributed by atoms with van der Waals surface area (Å²) in [5.74, 6) is -8.56. The smallest absolute Gasteiger partial charge is 0.290 e. The molecule has 126 valence electrons. The van der Waals surface area contributed by atoms with E-state index in [0.29, 0.717) is 19.2 Å². The largest absolute Gasteiger partial charge is 0.390 e. The summed E-state index contributed by atoms with van der Waals surface area (Å²) in [4.78, 5) is 1.25. The number of nitrogens with zero attached hydrogens (tertiary/aromatic N) is 1. The number of hydrogen-bond donors (Lipinski definition) is 2. The molecule has 0 bridgehead atoms. The van der Waals surface area contributed by atoms with Crippen LogP contribution in [0.3, 0.4) is 0 Å². The molecule has 1 heterocycles. The topological polar surface area (TPSA) is 35.5 Å². The molecule has 0 radical (unpaired) electrons. The molecular formula is C13H16ClF5N2O. The minimum absolute atomic E-state index is 0. The molecule has 0 amide bonds. The van der Waals surface area contributed by atoms with Crippen LogP contribution in [0.1, 0.15) is 11.6 Å². The second-order valence-electron chi connectivity index (χ2n) is 4.87. The fourth-order valence-electron chi connectivity index (χ4n) is 2.47. The van der Waals surface area contributed by atoms with Crippen LogP contribution < -0.4 is 5.32 Å². The van der Waals surface area contributed by atoms with Gasteiger partial charge in [0.05, 0.1) is 0 Å². The number of rotatable bonds is 4. The van der Waals surface area contributed by atoms with Crippen LogP contribution in [-0.4, -0.2) is 48.7 Å². The van der Waals surface area contributed by atoms with Crippen molar-refractivity contribution in [2.24, 2.45) is 0 Å². The van der Waals surface area contributed by atoms with Crippen molar-refractivity contribution in [3.63, 3.8) is 0 Å². The Morgan fingerprint density at radius 2 is 1.73 bits per heavy atom. The molecule has 1 aliphatic heterocycles. The molecule has 9 heteroatoms. The van der Waals surface area contributed by atoms with E-state index < -0.39 is 41.6 Å². The lowest BCUT2D eigenvalue weighted by atomic mass is 9.97. The summed E-state index contributed by atoms with van der Waals surface area (Å²) in [5.41, 5.74) is -0.658. The fourth-order valence-corrected chi connectivity index (χ4v) is 2.47. The molecule has 1 saturated heterocycles. The van der Waals surface area contributed by atoms with Crippen LogP contribution in [0.15, 0.2) is 12.1 Å². The van der Waals surface area contributed by atoms with Gasteiger partial charge in [-0.15, -0.1) is 12.4 Å². The normalized spacial score (nSPS) is 17.9. The van der Waals surface area contributed by atoms with Gasteiger partial charge >= 0.3 is 0 Å². The van der Waals surface area contributed by atoms with Crippen molar-refractivity contribution in [3.05, 3.63) is 35.1 Å². The van der Waals surface area contributed by atoms with Crippen molar-refractivity contribution < 1.29 is 27.1 Å². The van der Waals surface area contributed by atoms with Crippen LogP contribution in [-0.2, 0) is 0 Å². The standard InChI is InChI=1S/C13H15F5N2O.ClH/c14-9-2-1-8(10(15)11(9)16)12(13(17,18)7-21)20-5-3-19-4-6-20;/h1-2,12,19,21H,3-7H2;1H/t12-;/m1./s1. The Morgan fingerprint density at radius 3 is 2.27 bits per heavy atom. The third-order valence-corrected chi connectivity index (χ3v) is 3.49. The second kappa shape index (κ2) is 7.54. The molecule has 1 fully saturated rings. The molecule has 3 nitrogen and oxygen atoms in total. The monoisotopic (exact) mass is 346 g/mol. The SMILES string of the molecule is Cl.OCC(F)(F)[C@@H](c1ccc(F)c(F)c1F)N1CCNCC1. The quantitative estimate of drug-likeness (QED) is 0.647. The van der Waals surface area contributed by atoms with Gasteiger partial charge in [-0.2, -0.15) is 0 Å². The van der Waals surface area contributed by atoms with Crippen LogP contribution in [0.2, 0.25) is 0 Å². The van der Waals surface area contributed by atoms with E-state index in [1.54, 1.807) is 0 Å². The average Bonchev–Trinajstić information content (AvgIpc) is 2.48. The van der Waals surface area contributed by atoms with E-state index >= 15 is 0 Å². The number of alkyl halides is 2. The van der Waals surface area contributed by atoms with E-state index in [1.165, 1.54) is 4.90 Å². The minimum Gasteiger partial charge on any atom is -0.390 e. The van der Waals surface area contributed by atoms with Crippen molar-refractivity contribution in [1.82, 2.24) is 10.2 Å². The van der Waals surface area contributed by atoms with Gasteiger partial charge < -0.3 is 10.4 Å². The first-order chi connectivity index (χ1) is 9.88. The first-order valence-electron chi connectivity index (χ1n) is 6.45. The van der Waals surface area contributed by atoms with Gasteiger partial charge in [-0.25, -0.2) is 22.0 Å². The first kappa shape index (κ1) is 19.1. The molecule has 1 aromatic rings. The highest BCUT2D eigenvalue weighted by atomic mass is 35.5. The molecule has 22 heavy (non-hydrogen) atoms. The summed E-state index contributed by atoms with van der Waals surface area (Å²) in [6.45, 7) is -0.343. The Morgan fingerprint density at radius 1 is 1.14 bits per heavy atom. The number of halogens is 6. The molecule has 0 spiro atoms. The first-order valence-corrected chi connectivity index (χ1v) is 6.45. The Labute approximate surface area is 130 Å². The predicted molar refractivity (Wildman–Crippen MR) is 72.8 cm³/mol. The third kappa shape index (κ3) is 3.68. The number of hydrogen-bond acceptors (Lipinski definition) is 3. The van der Waals surface area contributed by atoms with Gasteiger partial charge in [0.1, 0.15) is 12.6 Å². The maximum Gasteiger partial charge on any atom is 0.290 e. The lowest BCUT2D eigenvalue weighted by molar-refractivity contribution is -0.119. The van der Waals surface area contributed by atoms with Gasteiger partial charge in [0.15, 0.2) is 17.5 Å². The fraction of sp³-hybridized carbons (Fsp3) is 0.538. The van der Waals surface area contributed by atoms with Crippen molar-refractivity contribution in [2.75, 3.05) is 32.8 Å². The third-order valence-electron chi connectivity index (χ3n) is 3.49. The van der Waals surface area contributed by atoms with E-state index in [2.05, 4.69) is 5.32 Å². The Balaban J connectivity index is 0.00000242. The summed E-state index contributed by atoms with van der Waals surface area (Å²) in [6, 6.07) is -0.444. The highest BCUT2D eigenvalue weighted by Gasteiger charge is 2.45. The Bertz CT molecular complexity index is 511. The van der Waals surface area contributed by atoms with Crippen LogP contribution in [0, 0.1) is 17.5 Å². The second-order valence-corrected chi connectivity index (χ2v) is 4.87. The van der Waals surface area contributed by atoms with Gasteiger partial charge in [-0.05, 0) is 6.07 Å². The minimum atomic E-state index is -3.68. The van der Waals surface area contributed by atoms with Gasteiger partial charge in [0.25, 0.3) is 5.92 Å². The zero-order chi connectivity index (χ0) is 15.6. The van der Waals surface area contributed by atoms with Gasteiger partial charge in [-0.1, -0.05) is 6.07 Å². The average molecular weight is 347 g/mol. The lowest BCUT2D eigenvalue weighted by Gasteiger charge is -2.38.